The van der Waals surface area contributed by atoms with Gasteiger partial charge in [0.1, 0.15) is 0 Å². The van der Waals surface area contributed by atoms with Crippen molar-refractivity contribution in [2.45, 2.75) is 51.6 Å². The minimum atomic E-state index is -0.591. The Kier molecular flexibility index (Phi) is 4.82. The van der Waals surface area contributed by atoms with Crippen LogP contribution in [-0.2, 0) is 0 Å². The molecule has 0 radical (unpaired) electrons. The topological polar surface area (TPSA) is 58.3 Å². The summed E-state index contributed by atoms with van der Waals surface area (Å²) >= 11 is 6.05. The van der Waals surface area contributed by atoms with Gasteiger partial charge in [0.15, 0.2) is 0 Å². The maximum atomic E-state index is 10.6. The first-order valence-corrected chi connectivity index (χ1v) is 7.83. The van der Waals surface area contributed by atoms with Crippen molar-refractivity contribution >= 4 is 23.0 Å². The van der Waals surface area contributed by atoms with Gasteiger partial charge in [-0.1, -0.05) is 24.9 Å². The number of nitrogens with one attached hydrogen (secondary N) is 1. The summed E-state index contributed by atoms with van der Waals surface area (Å²) in [6, 6.07) is 3.70. The van der Waals surface area contributed by atoms with E-state index in [1.54, 1.807) is 0 Å². The number of rotatable bonds is 4. The smallest absolute Gasteiger partial charge is 0.0819 e. The molecule has 112 valence electrons. The molecule has 0 saturated heterocycles. The van der Waals surface area contributed by atoms with Crippen LogP contribution in [-0.4, -0.2) is 17.3 Å². The number of halogens is 1. The predicted octanol–water partition coefficient (Wildman–Crippen LogP) is 3.97. The molecule has 0 aliphatic heterocycles. The van der Waals surface area contributed by atoms with Crippen LogP contribution in [0.3, 0.4) is 0 Å². The number of aryl methyl sites for hydroxylation is 1. The SMILES string of the molecule is CCC1CCC(O)(CNc2cc(Cl)c(N)cc2C)CC1. The van der Waals surface area contributed by atoms with E-state index in [-0.39, 0.29) is 0 Å². The molecule has 0 bridgehead atoms. The fourth-order valence-electron chi connectivity index (χ4n) is 2.95. The standard InChI is InChI=1S/C16H25ClN2O/c1-3-12-4-6-16(20,7-5-12)10-19-15-9-13(17)14(18)8-11(15)2/h8-9,12,19-20H,3-7,10,18H2,1-2H3. The Morgan fingerprint density at radius 3 is 2.65 bits per heavy atom. The Hall–Kier alpha value is -0.930. The lowest BCUT2D eigenvalue weighted by atomic mass is 9.78. The van der Waals surface area contributed by atoms with E-state index in [1.807, 2.05) is 19.1 Å². The van der Waals surface area contributed by atoms with Gasteiger partial charge in [0, 0.05) is 12.2 Å². The minimum Gasteiger partial charge on any atom is -0.398 e. The van der Waals surface area contributed by atoms with Gasteiger partial charge < -0.3 is 16.2 Å². The molecule has 0 atom stereocenters. The quantitative estimate of drug-likeness (QED) is 0.737. The van der Waals surface area contributed by atoms with Crippen LogP contribution in [0.2, 0.25) is 5.02 Å². The Balaban J connectivity index is 1.97. The van der Waals surface area contributed by atoms with Crippen LogP contribution in [0, 0.1) is 12.8 Å². The zero-order valence-corrected chi connectivity index (χ0v) is 13.1. The molecule has 0 unspecified atom stereocenters. The van der Waals surface area contributed by atoms with Gasteiger partial charge in [0.2, 0.25) is 0 Å². The lowest BCUT2D eigenvalue weighted by Crippen LogP contribution is -2.40. The Bertz CT molecular complexity index is 468. The van der Waals surface area contributed by atoms with E-state index in [9.17, 15) is 5.11 Å². The number of anilines is 2. The van der Waals surface area contributed by atoms with Gasteiger partial charge >= 0.3 is 0 Å². The monoisotopic (exact) mass is 296 g/mol. The maximum Gasteiger partial charge on any atom is 0.0819 e. The van der Waals surface area contributed by atoms with E-state index in [2.05, 4.69) is 12.2 Å². The van der Waals surface area contributed by atoms with E-state index < -0.39 is 5.60 Å². The summed E-state index contributed by atoms with van der Waals surface area (Å²) in [5.41, 5.74) is 7.79. The van der Waals surface area contributed by atoms with Gasteiger partial charge in [-0.3, -0.25) is 0 Å². The van der Waals surface area contributed by atoms with Crippen LogP contribution in [0.5, 0.6) is 0 Å². The summed E-state index contributed by atoms with van der Waals surface area (Å²) in [6.07, 6.45) is 5.21. The van der Waals surface area contributed by atoms with Crippen LogP contribution in [0.25, 0.3) is 0 Å². The van der Waals surface area contributed by atoms with Gasteiger partial charge in [-0.15, -0.1) is 0 Å². The third-order valence-electron chi connectivity index (χ3n) is 4.56. The third-order valence-corrected chi connectivity index (χ3v) is 4.89. The summed E-state index contributed by atoms with van der Waals surface area (Å²) in [4.78, 5) is 0. The summed E-state index contributed by atoms with van der Waals surface area (Å²) in [5, 5.41) is 14.5. The summed E-state index contributed by atoms with van der Waals surface area (Å²) < 4.78 is 0. The van der Waals surface area contributed by atoms with Crippen LogP contribution in [0.1, 0.15) is 44.6 Å². The van der Waals surface area contributed by atoms with Crippen LogP contribution in [0.4, 0.5) is 11.4 Å². The maximum absolute atomic E-state index is 10.6. The van der Waals surface area contributed by atoms with Crippen LogP contribution < -0.4 is 11.1 Å². The van der Waals surface area contributed by atoms with Gasteiger partial charge in [0.25, 0.3) is 0 Å². The van der Waals surface area contributed by atoms with Crippen molar-refractivity contribution in [3.05, 3.63) is 22.7 Å². The van der Waals surface area contributed by atoms with Crippen LogP contribution >= 0.6 is 11.6 Å². The van der Waals surface area contributed by atoms with Crippen LogP contribution in [0.15, 0.2) is 12.1 Å². The molecule has 3 nitrogen and oxygen atoms in total. The third kappa shape index (κ3) is 3.58. The van der Waals surface area contributed by atoms with Gasteiger partial charge in [-0.05, 0) is 56.2 Å². The molecule has 0 aromatic heterocycles. The number of benzene rings is 1. The van der Waals surface area contributed by atoms with Gasteiger partial charge in [0.05, 0.1) is 16.3 Å². The highest BCUT2D eigenvalue weighted by molar-refractivity contribution is 6.33. The molecule has 1 saturated carbocycles. The Morgan fingerprint density at radius 2 is 2.05 bits per heavy atom. The van der Waals surface area contributed by atoms with Gasteiger partial charge in [-0.2, -0.15) is 0 Å². The summed E-state index contributed by atoms with van der Waals surface area (Å²) in [7, 11) is 0. The first kappa shape index (κ1) is 15.5. The fourth-order valence-corrected chi connectivity index (χ4v) is 3.12. The number of hydrogen-bond donors (Lipinski definition) is 3. The predicted molar refractivity (Wildman–Crippen MR) is 86.3 cm³/mol. The average Bonchev–Trinajstić information content (AvgIpc) is 2.42. The minimum absolute atomic E-state index is 0.555. The lowest BCUT2D eigenvalue weighted by molar-refractivity contribution is 0.00229. The van der Waals surface area contributed by atoms with E-state index >= 15 is 0 Å². The van der Waals surface area contributed by atoms with Crippen molar-refractivity contribution in [3.63, 3.8) is 0 Å². The molecule has 4 N–H and O–H groups in total. The van der Waals surface area contributed by atoms with Crippen molar-refractivity contribution in [2.24, 2.45) is 5.92 Å². The summed E-state index contributed by atoms with van der Waals surface area (Å²) in [6.45, 7) is 4.80. The molecule has 4 heteroatoms. The molecule has 2 rings (SSSR count). The zero-order chi connectivity index (χ0) is 14.8. The number of nitrogens with two attached hydrogens (primary N) is 1. The molecule has 1 fully saturated rings. The first-order valence-electron chi connectivity index (χ1n) is 7.45. The van der Waals surface area contributed by atoms with E-state index in [0.29, 0.717) is 17.3 Å². The summed E-state index contributed by atoms with van der Waals surface area (Å²) in [5.74, 6) is 0.781. The molecule has 1 aliphatic rings. The average molecular weight is 297 g/mol. The van der Waals surface area contributed by atoms with Gasteiger partial charge in [-0.25, -0.2) is 0 Å². The molecule has 20 heavy (non-hydrogen) atoms. The first-order chi connectivity index (χ1) is 9.43. The highest BCUT2D eigenvalue weighted by Gasteiger charge is 2.32. The molecule has 1 aromatic carbocycles. The zero-order valence-electron chi connectivity index (χ0n) is 12.4. The highest BCUT2D eigenvalue weighted by Crippen LogP contribution is 2.34. The molecular formula is C16H25ClN2O. The normalized spacial score (nSPS) is 26.5. The molecular weight excluding hydrogens is 272 g/mol. The van der Waals surface area contributed by atoms with Crippen molar-refractivity contribution in [1.29, 1.82) is 0 Å². The lowest BCUT2D eigenvalue weighted by Gasteiger charge is -2.36. The van der Waals surface area contributed by atoms with Crippen molar-refractivity contribution in [1.82, 2.24) is 0 Å². The fraction of sp³-hybridized carbons (Fsp3) is 0.625. The Morgan fingerprint density at radius 1 is 1.40 bits per heavy atom. The molecule has 1 aliphatic carbocycles. The second-order valence-corrected chi connectivity index (χ2v) is 6.53. The number of hydrogen-bond acceptors (Lipinski definition) is 3. The number of nitrogen functional groups attached to an aromatic ring is 1. The highest BCUT2D eigenvalue weighted by atomic mass is 35.5. The number of aliphatic hydroxyl groups is 1. The molecule has 0 heterocycles. The van der Waals surface area contributed by atoms with E-state index in [4.69, 9.17) is 17.3 Å². The van der Waals surface area contributed by atoms with Crippen molar-refractivity contribution in [2.75, 3.05) is 17.6 Å². The second kappa shape index (κ2) is 6.23. The molecule has 0 spiro atoms. The van der Waals surface area contributed by atoms with Crippen molar-refractivity contribution in [3.8, 4) is 0 Å². The Labute approximate surface area is 126 Å². The molecule has 0 amide bonds. The van der Waals surface area contributed by atoms with E-state index in [0.717, 1.165) is 42.9 Å². The van der Waals surface area contributed by atoms with E-state index in [1.165, 1.54) is 6.42 Å². The second-order valence-electron chi connectivity index (χ2n) is 6.12. The van der Waals surface area contributed by atoms with Crippen molar-refractivity contribution < 1.29 is 5.11 Å². The largest absolute Gasteiger partial charge is 0.398 e. The molecule has 1 aromatic rings.